The van der Waals surface area contributed by atoms with Gasteiger partial charge < -0.3 is 15.3 Å². The Bertz CT molecular complexity index is 930. The molecule has 4 heterocycles. The minimum atomic E-state index is -3.13. The van der Waals surface area contributed by atoms with E-state index >= 15 is 0 Å². The summed E-state index contributed by atoms with van der Waals surface area (Å²) in [7, 11) is 0. The summed E-state index contributed by atoms with van der Waals surface area (Å²) in [5, 5.41) is 16.6. The highest BCUT2D eigenvalue weighted by Crippen LogP contribution is 2.40. The number of hydrogen-bond donors (Lipinski definition) is 2. The highest BCUT2D eigenvalue weighted by atomic mass is 19.3. The number of aromatic nitrogens is 3. The van der Waals surface area contributed by atoms with Gasteiger partial charge in [-0.3, -0.25) is 9.67 Å². The maximum atomic E-state index is 14.7. The Balaban J connectivity index is 1.60. The highest BCUT2D eigenvalue weighted by molar-refractivity contribution is 5.89. The quantitative estimate of drug-likeness (QED) is 0.778. The van der Waals surface area contributed by atoms with Gasteiger partial charge in [-0.25, -0.2) is 9.18 Å². The number of rotatable bonds is 1. The van der Waals surface area contributed by atoms with Gasteiger partial charge in [0, 0.05) is 31.1 Å². The van der Waals surface area contributed by atoms with E-state index in [9.17, 15) is 23.1 Å². The summed E-state index contributed by atoms with van der Waals surface area (Å²) in [5.41, 5.74) is 0.734. The summed E-state index contributed by atoms with van der Waals surface area (Å²) in [6.45, 7) is 1.71. The van der Waals surface area contributed by atoms with Gasteiger partial charge in [-0.15, -0.1) is 0 Å². The van der Waals surface area contributed by atoms with E-state index in [1.807, 2.05) is 0 Å². The van der Waals surface area contributed by atoms with Crippen LogP contribution in [0.3, 0.4) is 0 Å². The van der Waals surface area contributed by atoms with Crippen LogP contribution in [0.1, 0.15) is 35.5 Å². The van der Waals surface area contributed by atoms with E-state index in [-0.39, 0.29) is 43.1 Å². The van der Waals surface area contributed by atoms with Crippen molar-refractivity contribution in [2.24, 2.45) is 0 Å². The van der Waals surface area contributed by atoms with Gasteiger partial charge in [0.1, 0.15) is 5.69 Å². The summed E-state index contributed by atoms with van der Waals surface area (Å²) >= 11 is 0. The van der Waals surface area contributed by atoms with Gasteiger partial charge in [0.15, 0.2) is 5.82 Å². The summed E-state index contributed by atoms with van der Waals surface area (Å²) in [4.78, 5) is 17.8. The molecule has 28 heavy (non-hydrogen) atoms. The molecule has 0 radical (unpaired) electrons. The van der Waals surface area contributed by atoms with Crippen LogP contribution in [0, 0.1) is 12.7 Å². The zero-order chi connectivity index (χ0) is 20.1. The van der Waals surface area contributed by atoms with Crippen molar-refractivity contribution in [3.05, 3.63) is 40.7 Å². The van der Waals surface area contributed by atoms with E-state index in [4.69, 9.17) is 0 Å². The summed E-state index contributed by atoms with van der Waals surface area (Å²) < 4.78 is 44.6. The second-order valence-corrected chi connectivity index (χ2v) is 7.21. The Morgan fingerprint density at radius 3 is 3.00 bits per heavy atom. The van der Waals surface area contributed by atoms with Gasteiger partial charge >= 0.3 is 6.03 Å². The number of pyridine rings is 1. The Morgan fingerprint density at radius 1 is 1.43 bits per heavy atom. The van der Waals surface area contributed by atoms with Crippen molar-refractivity contribution >= 4 is 11.7 Å². The molecule has 0 spiro atoms. The number of amides is 2. The Hall–Kier alpha value is -2.62. The monoisotopic (exact) mass is 395 g/mol. The van der Waals surface area contributed by atoms with Crippen LogP contribution in [0.25, 0.3) is 0 Å². The predicted octanol–water partition coefficient (Wildman–Crippen LogP) is 2.56. The number of aryl methyl sites for hydroxylation is 1. The summed E-state index contributed by atoms with van der Waals surface area (Å²) in [5.74, 6) is -3.76. The first-order valence-corrected chi connectivity index (χ1v) is 9.08. The van der Waals surface area contributed by atoms with E-state index in [0.29, 0.717) is 17.7 Å². The number of aliphatic hydroxyl groups excluding tert-OH is 1. The lowest BCUT2D eigenvalue weighted by Crippen LogP contribution is -2.39. The molecule has 0 unspecified atom stereocenters. The van der Waals surface area contributed by atoms with E-state index < -0.39 is 30.3 Å². The van der Waals surface area contributed by atoms with Gasteiger partial charge in [0.2, 0.25) is 0 Å². The van der Waals surface area contributed by atoms with E-state index in [0.717, 1.165) is 0 Å². The molecule has 2 aliphatic heterocycles. The van der Waals surface area contributed by atoms with Gasteiger partial charge in [-0.1, -0.05) is 0 Å². The summed E-state index contributed by atoms with van der Waals surface area (Å²) in [6.07, 6.45) is 0.319. The van der Waals surface area contributed by atoms with Crippen molar-refractivity contribution in [1.29, 1.82) is 0 Å². The van der Waals surface area contributed by atoms with Crippen molar-refractivity contribution in [2.45, 2.75) is 51.3 Å². The number of carbonyl (C=O) groups excluding carboxylic acids is 1. The van der Waals surface area contributed by atoms with Crippen molar-refractivity contribution in [1.82, 2.24) is 19.7 Å². The molecule has 10 heteroatoms. The number of halogens is 3. The number of hydrogen-bond acceptors (Lipinski definition) is 4. The Kier molecular flexibility index (Phi) is 4.53. The molecule has 1 atom stereocenters. The van der Waals surface area contributed by atoms with Crippen LogP contribution in [-0.2, 0) is 25.4 Å². The molecule has 7 nitrogen and oxygen atoms in total. The first kappa shape index (κ1) is 18.7. The molecule has 2 aliphatic rings. The largest absolute Gasteiger partial charge is 0.391 e. The van der Waals surface area contributed by atoms with Crippen LogP contribution in [0.2, 0.25) is 0 Å². The van der Waals surface area contributed by atoms with Crippen LogP contribution in [0.4, 0.5) is 23.7 Å². The van der Waals surface area contributed by atoms with Crippen molar-refractivity contribution < 1.29 is 23.1 Å². The highest BCUT2D eigenvalue weighted by Gasteiger charge is 2.43. The zero-order valence-electron chi connectivity index (χ0n) is 15.3. The number of nitrogens with zero attached hydrogens (tertiary/aromatic N) is 4. The molecule has 150 valence electrons. The average Bonchev–Trinajstić information content (AvgIpc) is 2.96. The molecule has 2 N–H and O–H groups in total. The number of alkyl halides is 2. The lowest BCUT2D eigenvalue weighted by atomic mass is 10.00. The molecule has 0 aliphatic carbocycles. The number of anilines is 1. The maximum absolute atomic E-state index is 14.7. The maximum Gasteiger partial charge on any atom is 0.322 e. The van der Waals surface area contributed by atoms with E-state index in [1.54, 1.807) is 0 Å². The Morgan fingerprint density at radius 2 is 2.21 bits per heavy atom. The van der Waals surface area contributed by atoms with E-state index in [2.05, 4.69) is 15.4 Å². The predicted molar refractivity (Wildman–Crippen MR) is 93.4 cm³/mol. The second kappa shape index (κ2) is 6.77. The van der Waals surface area contributed by atoms with Crippen LogP contribution < -0.4 is 5.32 Å². The van der Waals surface area contributed by atoms with Crippen LogP contribution in [0.15, 0.2) is 12.3 Å². The molecule has 0 fully saturated rings. The summed E-state index contributed by atoms with van der Waals surface area (Å²) in [6, 6.07) is 0.768. The number of fused-ring (bicyclic) bond motifs is 3. The third kappa shape index (κ3) is 3.21. The Labute approximate surface area is 159 Å². The van der Waals surface area contributed by atoms with Crippen molar-refractivity contribution in [3.8, 4) is 0 Å². The molecule has 0 saturated heterocycles. The van der Waals surface area contributed by atoms with Crippen LogP contribution >= 0.6 is 0 Å². The topological polar surface area (TPSA) is 83.3 Å². The molecular formula is C18H20F3N5O2. The number of carbonyl (C=O) groups is 1. The van der Waals surface area contributed by atoms with Crippen LogP contribution in [0.5, 0.6) is 0 Å². The SMILES string of the molecule is Cc1nccc(NC(=O)N2CCc3nn4c(c3C2)C(F)(F)CC[C@H](O)C4)c1F. The number of urea groups is 1. The first-order chi connectivity index (χ1) is 13.3. The fraction of sp³-hybridized carbons (Fsp3) is 0.500. The van der Waals surface area contributed by atoms with Gasteiger partial charge in [0.05, 0.1) is 36.3 Å². The van der Waals surface area contributed by atoms with Crippen molar-refractivity contribution in [3.63, 3.8) is 0 Å². The lowest BCUT2D eigenvalue weighted by molar-refractivity contribution is -0.0248. The third-order valence-electron chi connectivity index (χ3n) is 5.22. The molecule has 2 aromatic rings. The van der Waals surface area contributed by atoms with Crippen molar-refractivity contribution in [2.75, 3.05) is 11.9 Å². The molecule has 0 bridgehead atoms. The lowest BCUT2D eigenvalue weighted by Gasteiger charge is -2.28. The van der Waals surface area contributed by atoms with Gasteiger partial charge in [-0.2, -0.15) is 13.9 Å². The third-order valence-corrected chi connectivity index (χ3v) is 5.22. The fourth-order valence-electron chi connectivity index (χ4n) is 3.74. The number of aliphatic hydroxyl groups is 1. The van der Waals surface area contributed by atoms with Gasteiger partial charge in [0.25, 0.3) is 5.92 Å². The fourth-order valence-corrected chi connectivity index (χ4v) is 3.74. The smallest absolute Gasteiger partial charge is 0.322 e. The second-order valence-electron chi connectivity index (χ2n) is 7.21. The number of nitrogens with one attached hydrogen (secondary N) is 1. The molecular weight excluding hydrogens is 375 g/mol. The molecule has 2 aromatic heterocycles. The molecule has 0 saturated carbocycles. The van der Waals surface area contributed by atoms with Crippen LogP contribution in [-0.4, -0.2) is 43.5 Å². The molecule has 4 rings (SSSR count). The van der Waals surface area contributed by atoms with Gasteiger partial charge in [-0.05, 0) is 19.4 Å². The van der Waals surface area contributed by atoms with E-state index in [1.165, 1.54) is 28.8 Å². The molecule has 0 aromatic carbocycles. The normalized spacial score (nSPS) is 20.9. The average molecular weight is 395 g/mol. The first-order valence-electron chi connectivity index (χ1n) is 9.08. The standard InChI is InChI=1S/C18H20F3N5O2/c1-10-15(19)14(3-6-22-10)23-17(28)25-7-4-13-12(9-25)16-18(20,21)5-2-11(27)8-26(16)24-13/h3,6,11,27H,2,4-5,7-9H2,1H3,(H,22,23,28)/t11-/m0/s1. The zero-order valence-corrected chi connectivity index (χ0v) is 15.3. The minimum Gasteiger partial charge on any atom is -0.391 e. The molecule has 2 amide bonds. The minimum absolute atomic E-state index is 0.00558.